The van der Waals surface area contributed by atoms with Crippen molar-refractivity contribution in [3.63, 3.8) is 0 Å². The Balaban J connectivity index is 4.47. The van der Waals surface area contributed by atoms with Gasteiger partial charge in [-0.2, -0.15) is 0 Å². The minimum absolute atomic E-state index is 0.189. The van der Waals surface area contributed by atoms with Gasteiger partial charge in [-0.15, -0.1) is 0 Å². The van der Waals surface area contributed by atoms with Crippen molar-refractivity contribution in [3.05, 3.63) is 0 Å². The normalized spacial score (nSPS) is 14.4. The molecule has 0 aromatic heterocycles. The summed E-state index contributed by atoms with van der Waals surface area (Å²) in [6.07, 6.45) is 16.8. The van der Waals surface area contributed by atoms with E-state index < -0.39 is 51.8 Å². The SMILES string of the molecule is CCCCCCCCCCCCC(=O)O[C@H](COC(=O)CCCCCCCCC)COP(=O)(O)OC[C@@H](O)CO. The van der Waals surface area contributed by atoms with E-state index in [0.29, 0.717) is 12.8 Å². The second-order valence-corrected chi connectivity index (χ2v) is 11.9. The second kappa shape index (κ2) is 26.8. The number of hydrogen-bond acceptors (Lipinski definition) is 9. The molecule has 0 spiro atoms. The Labute approximate surface area is 242 Å². The third-order valence-electron chi connectivity index (χ3n) is 6.51. The third kappa shape index (κ3) is 25.9. The van der Waals surface area contributed by atoms with Crippen LogP contribution in [0.1, 0.15) is 136 Å². The summed E-state index contributed by atoms with van der Waals surface area (Å²) in [6.45, 7) is 2.28. The lowest BCUT2D eigenvalue weighted by molar-refractivity contribution is -0.161. The molecule has 0 amide bonds. The van der Waals surface area contributed by atoms with Crippen molar-refractivity contribution in [2.75, 3.05) is 26.4 Å². The lowest BCUT2D eigenvalue weighted by atomic mass is 10.1. The number of ether oxygens (including phenoxy) is 2. The van der Waals surface area contributed by atoms with Crippen molar-refractivity contribution in [1.82, 2.24) is 0 Å². The van der Waals surface area contributed by atoms with Crippen molar-refractivity contribution in [3.8, 4) is 0 Å². The highest BCUT2D eigenvalue weighted by molar-refractivity contribution is 7.47. The highest BCUT2D eigenvalue weighted by Crippen LogP contribution is 2.43. The number of esters is 2. The molecule has 238 valence electrons. The Hall–Kier alpha value is -1.03. The second-order valence-electron chi connectivity index (χ2n) is 10.5. The number of carbonyl (C=O) groups is 2. The summed E-state index contributed by atoms with van der Waals surface area (Å²) in [5.74, 6) is -0.931. The Morgan fingerprint density at radius 2 is 1.07 bits per heavy atom. The molecule has 0 aliphatic carbocycles. The molecular weight excluding hydrogens is 539 g/mol. The first-order valence-electron chi connectivity index (χ1n) is 15.5. The molecule has 0 saturated carbocycles. The molecule has 0 heterocycles. The molecule has 1 unspecified atom stereocenters. The maximum atomic E-state index is 12.4. The zero-order valence-electron chi connectivity index (χ0n) is 25.1. The van der Waals surface area contributed by atoms with Crippen LogP contribution in [-0.2, 0) is 32.7 Å². The molecular formula is C29H57O10P. The summed E-state index contributed by atoms with van der Waals surface area (Å²) in [6, 6.07) is 0. The van der Waals surface area contributed by atoms with Crippen LogP contribution in [0, 0.1) is 0 Å². The molecule has 10 nitrogen and oxygen atoms in total. The summed E-state index contributed by atoms with van der Waals surface area (Å²) in [4.78, 5) is 34.4. The summed E-state index contributed by atoms with van der Waals surface area (Å²) >= 11 is 0. The van der Waals surface area contributed by atoms with Gasteiger partial charge in [-0.1, -0.05) is 110 Å². The quantitative estimate of drug-likeness (QED) is 0.0504. The minimum Gasteiger partial charge on any atom is -0.462 e. The van der Waals surface area contributed by atoms with E-state index in [-0.39, 0.29) is 19.4 Å². The van der Waals surface area contributed by atoms with Gasteiger partial charge in [0.2, 0.25) is 0 Å². The Kier molecular flexibility index (Phi) is 26.2. The van der Waals surface area contributed by atoms with Gasteiger partial charge in [-0.05, 0) is 12.8 Å². The standard InChI is InChI=1S/C29H57O10P/c1-3-5-7-9-11-12-13-15-17-19-21-29(33)39-27(25-38-40(34,35)37-23-26(31)22-30)24-36-28(32)20-18-16-14-10-8-6-4-2/h26-27,30-31H,3-25H2,1-2H3,(H,34,35)/t26-,27+/m0/s1. The van der Waals surface area contributed by atoms with Crippen LogP contribution >= 0.6 is 7.82 Å². The molecule has 0 saturated heterocycles. The molecule has 3 atom stereocenters. The van der Waals surface area contributed by atoms with Crippen LogP contribution in [0.5, 0.6) is 0 Å². The van der Waals surface area contributed by atoms with E-state index >= 15 is 0 Å². The molecule has 40 heavy (non-hydrogen) atoms. The highest BCUT2D eigenvalue weighted by atomic mass is 31.2. The van der Waals surface area contributed by atoms with Crippen molar-refractivity contribution in [2.45, 2.75) is 148 Å². The van der Waals surface area contributed by atoms with Crippen LogP contribution in [-0.4, -0.2) is 65.7 Å². The maximum Gasteiger partial charge on any atom is 0.472 e. The summed E-state index contributed by atoms with van der Waals surface area (Å²) in [7, 11) is -4.59. The first-order chi connectivity index (χ1) is 19.2. The lowest BCUT2D eigenvalue weighted by Crippen LogP contribution is -2.29. The van der Waals surface area contributed by atoms with E-state index in [1.807, 2.05) is 0 Å². The predicted molar refractivity (Wildman–Crippen MR) is 155 cm³/mol. The van der Waals surface area contributed by atoms with Crippen LogP contribution in [0.4, 0.5) is 0 Å². The maximum absolute atomic E-state index is 12.4. The number of hydrogen-bond donors (Lipinski definition) is 3. The summed E-state index contributed by atoms with van der Waals surface area (Å²) in [5.41, 5.74) is 0. The van der Waals surface area contributed by atoms with Gasteiger partial charge in [0.05, 0.1) is 19.8 Å². The monoisotopic (exact) mass is 596 g/mol. The molecule has 3 N–H and O–H groups in total. The molecule has 11 heteroatoms. The Bertz CT molecular complexity index is 661. The first-order valence-corrected chi connectivity index (χ1v) is 17.0. The zero-order chi connectivity index (χ0) is 29.9. The van der Waals surface area contributed by atoms with Gasteiger partial charge in [-0.25, -0.2) is 4.57 Å². The fraction of sp³-hybridized carbons (Fsp3) is 0.931. The predicted octanol–water partition coefficient (Wildman–Crippen LogP) is 6.38. The molecule has 0 aliphatic heterocycles. The van der Waals surface area contributed by atoms with Crippen LogP contribution in [0.3, 0.4) is 0 Å². The van der Waals surface area contributed by atoms with E-state index in [1.165, 1.54) is 57.8 Å². The number of carbonyl (C=O) groups excluding carboxylic acids is 2. The van der Waals surface area contributed by atoms with Gasteiger partial charge in [0.15, 0.2) is 6.10 Å². The number of phosphoric ester groups is 1. The van der Waals surface area contributed by atoms with Gasteiger partial charge >= 0.3 is 19.8 Å². The number of phosphoric acid groups is 1. The van der Waals surface area contributed by atoms with Crippen molar-refractivity contribution < 1.29 is 47.8 Å². The Morgan fingerprint density at radius 1 is 0.650 bits per heavy atom. The van der Waals surface area contributed by atoms with E-state index in [4.69, 9.17) is 19.1 Å². The van der Waals surface area contributed by atoms with E-state index in [2.05, 4.69) is 18.4 Å². The average Bonchev–Trinajstić information content (AvgIpc) is 2.93. The van der Waals surface area contributed by atoms with E-state index in [9.17, 15) is 24.2 Å². The summed E-state index contributed by atoms with van der Waals surface area (Å²) < 4.78 is 32.2. The largest absolute Gasteiger partial charge is 0.472 e. The zero-order valence-corrected chi connectivity index (χ0v) is 26.0. The van der Waals surface area contributed by atoms with Crippen LogP contribution in [0.25, 0.3) is 0 Å². The average molecular weight is 597 g/mol. The van der Waals surface area contributed by atoms with Crippen molar-refractivity contribution in [2.24, 2.45) is 0 Å². The number of rotatable bonds is 29. The minimum atomic E-state index is -4.59. The van der Waals surface area contributed by atoms with Crippen LogP contribution in [0.2, 0.25) is 0 Å². The molecule has 0 bridgehead atoms. The molecule has 0 aliphatic rings. The van der Waals surface area contributed by atoms with Gasteiger partial charge in [0.25, 0.3) is 0 Å². The topological polar surface area (TPSA) is 149 Å². The number of unbranched alkanes of at least 4 members (excludes halogenated alkanes) is 15. The van der Waals surface area contributed by atoms with Crippen molar-refractivity contribution in [1.29, 1.82) is 0 Å². The third-order valence-corrected chi connectivity index (χ3v) is 7.46. The van der Waals surface area contributed by atoms with Crippen LogP contribution < -0.4 is 0 Å². The molecule has 0 fully saturated rings. The molecule has 0 radical (unpaired) electrons. The van der Waals surface area contributed by atoms with Gasteiger partial charge in [0.1, 0.15) is 12.7 Å². The van der Waals surface area contributed by atoms with Crippen molar-refractivity contribution >= 4 is 19.8 Å². The fourth-order valence-electron chi connectivity index (χ4n) is 4.05. The first kappa shape index (κ1) is 39.0. The molecule has 0 rings (SSSR count). The van der Waals surface area contributed by atoms with E-state index in [1.54, 1.807) is 0 Å². The van der Waals surface area contributed by atoms with E-state index in [0.717, 1.165) is 38.5 Å². The highest BCUT2D eigenvalue weighted by Gasteiger charge is 2.27. The van der Waals surface area contributed by atoms with Crippen LogP contribution in [0.15, 0.2) is 0 Å². The lowest BCUT2D eigenvalue weighted by Gasteiger charge is -2.20. The number of aliphatic hydroxyl groups is 2. The fourth-order valence-corrected chi connectivity index (χ4v) is 4.84. The molecule has 0 aromatic rings. The molecule has 0 aromatic carbocycles. The Morgan fingerprint density at radius 3 is 1.55 bits per heavy atom. The van der Waals surface area contributed by atoms with Gasteiger partial charge in [0, 0.05) is 12.8 Å². The van der Waals surface area contributed by atoms with Gasteiger partial charge < -0.3 is 24.6 Å². The summed E-state index contributed by atoms with van der Waals surface area (Å²) in [5, 5.41) is 18.1. The number of aliphatic hydroxyl groups excluding tert-OH is 2. The smallest absolute Gasteiger partial charge is 0.462 e. The van der Waals surface area contributed by atoms with Gasteiger partial charge in [-0.3, -0.25) is 18.6 Å².